The molecule has 1 rings (SSSR count). The molecule has 0 heteroatoms. The van der Waals surface area contributed by atoms with E-state index in [1.54, 1.807) is 0 Å². The molecule has 0 amide bonds. The van der Waals surface area contributed by atoms with E-state index in [0.29, 0.717) is 5.41 Å². The molecule has 0 aromatic rings. The lowest BCUT2D eigenvalue weighted by molar-refractivity contribution is 0.265. The smallest absolute Gasteiger partial charge is 0.0323 e. The summed E-state index contributed by atoms with van der Waals surface area (Å²) in [5.74, 6) is 0.892. The fourth-order valence-electron chi connectivity index (χ4n) is 2.42. The van der Waals surface area contributed by atoms with Gasteiger partial charge in [-0.25, -0.2) is 0 Å². The Labute approximate surface area is 65.0 Å². The van der Waals surface area contributed by atoms with Crippen molar-refractivity contribution in [3.8, 4) is 0 Å². The van der Waals surface area contributed by atoms with Crippen molar-refractivity contribution < 1.29 is 0 Å². The summed E-state index contributed by atoms with van der Waals surface area (Å²) in [6.45, 7) is 7.13. The minimum Gasteiger partial charge on any atom is -0.0628 e. The normalized spacial score (nSPS) is 24.0. The molecule has 0 spiro atoms. The van der Waals surface area contributed by atoms with Crippen molar-refractivity contribution in [1.29, 1.82) is 0 Å². The average molecular weight is 140 g/mol. The molecule has 1 saturated carbocycles. The minimum atomic E-state index is 0.716. The van der Waals surface area contributed by atoms with Gasteiger partial charge in [-0.3, -0.25) is 0 Å². The molecule has 0 nitrogen and oxygen atoms in total. The second-order valence-corrected chi connectivity index (χ2v) is 4.62. The lowest BCUT2D eigenvalue weighted by Crippen LogP contribution is -2.13. The molecule has 0 heterocycles. The molecule has 60 valence electrons. The fraction of sp³-hybridized carbons (Fsp3) is 1.00. The van der Waals surface area contributed by atoms with Crippen molar-refractivity contribution >= 4 is 0 Å². The first-order valence-corrected chi connectivity index (χ1v) is 4.62. The molecule has 0 saturated heterocycles. The third-order valence-corrected chi connectivity index (χ3v) is 2.71. The third kappa shape index (κ3) is 2.00. The van der Waals surface area contributed by atoms with Crippen LogP contribution in [-0.4, -0.2) is 0 Å². The lowest BCUT2D eigenvalue weighted by Gasteiger charge is -2.25. The van der Waals surface area contributed by atoms with Crippen LogP contribution in [0.4, 0.5) is 0 Å². The van der Waals surface area contributed by atoms with E-state index in [4.69, 9.17) is 0 Å². The van der Waals surface area contributed by atoms with Crippen LogP contribution in [0.15, 0.2) is 0 Å². The summed E-state index contributed by atoms with van der Waals surface area (Å²) < 4.78 is 0. The largest absolute Gasteiger partial charge is 0.0628 e. The molecule has 0 N–H and O–H groups in total. The second kappa shape index (κ2) is 2.94. The topological polar surface area (TPSA) is 0 Å². The standard InChI is InChI=1S/C10H20/c1-9(2)8-10(3)6-4-5-7-10/h9H,4-8H2,1-3H3. The average Bonchev–Trinajstić information content (AvgIpc) is 2.12. The SMILES string of the molecule is CC(C)CC1(C)CCCC1. The highest BCUT2D eigenvalue weighted by atomic mass is 14.3. The van der Waals surface area contributed by atoms with E-state index in [1.807, 2.05) is 0 Å². The van der Waals surface area contributed by atoms with Crippen LogP contribution in [0, 0.1) is 11.3 Å². The predicted octanol–water partition coefficient (Wildman–Crippen LogP) is 3.61. The van der Waals surface area contributed by atoms with E-state index in [1.165, 1.54) is 32.1 Å². The highest BCUT2D eigenvalue weighted by Gasteiger charge is 2.28. The van der Waals surface area contributed by atoms with Crippen LogP contribution in [0.2, 0.25) is 0 Å². The maximum atomic E-state index is 2.46. The van der Waals surface area contributed by atoms with E-state index in [0.717, 1.165) is 5.92 Å². The Bertz CT molecular complexity index is 96.6. The van der Waals surface area contributed by atoms with E-state index in [9.17, 15) is 0 Å². The van der Waals surface area contributed by atoms with Gasteiger partial charge in [-0.1, -0.05) is 33.6 Å². The second-order valence-electron chi connectivity index (χ2n) is 4.62. The molecule has 0 bridgehead atoms. The summed E-state index contributed by atoms with van der Waals surface area (Å²) in [6.07, 6.45) is 7.34. The first-order valence-electron chi connectivity index (χ1n) is 4.62. The zero-order chi connectivity index (χ0) is 7.61. The molecule has 0 aromatic carbocycles. The van der Waals surface area contributed by atoms with Crippen molar-refractivity contribution in [1.82, 2.24) is 0 Å². The Hall–Kier alpha value is 0. The summed E-state index contributed by atoms with van der Waals surface area (Å²) in [5.41, 5.74) is 0.716. The van der Waals surface area contributed by atoms with Gasteiger partial charge in [-0.15, -0.1) is 0 Å². The van der Waals surface area contributed by atoms with Crippen molar-refractivity contribution in [3.63, 3.8) is 0 Å². The molecule has 0 unspecified atom stereocenters. The molecular weight excluding hydrogens is 120 g/mol. The summed E-state index contributed by atoms with van der Waals surface area (Å²) in [4.78, 5) is 0. The zero-order valence-electron chi connectivity index (χ0n) is 7.61. The minimum absolute atomic E-state index is 0.716. The Morgan fingerprint density at radius 2 is 1.70 bits per heavy atom. The number of hydrogen-bond donors (Lipinski definition) is 0. The van der Waals surface area contributed by atoms with Crippen LogP contribution in [-0.2, 0) is 0 Å². The molecule has 1 aliphatic carbocycles. The van der Waals surface area contributed by atoms with Crippen LogP contribution in [0.5, 0.6) is 0 Å². The van der Waals surface area contributed by atoms with Gasteiger partial charge in [0.15, 0.2) is 0 Å². The van der Waals surface area contributed by atoms with Crippen LogP contribution in [0.25, 0.3) is 0 Å². The molecule has 1 fully saturated rings. The highest BCUT2D eigenvalue weighted by Crippen LogP contribution is 2.42. The van der Waals surface area contributed by atoms with Crippen molar-refractivity contribution in [2.24, 2.45) is 11.3 Å². The Morgan fingerprint density at radius 1 is 1.20 bits per heavy atom. The first kappa shape index (κ1) is 8.10. The molecule has 10 heavy (non-hydrogen) atoms. The molecule has 0 atom stereocenters. The van der Waals surface area contributed by atoms with Gasteiger partial charge in [-0.05, 0) is 30.6 Å². The molecule has 0 radical (unpaired) electrons. The van der Waals surface area contributed by atoms with Gasteiger partial charge in [0.25, 0.3) is 0 Å². The third-order valence-electron chi connectivity index (χ3n) is 2.71. The van der Waals surface area contributed by atoms with Gasteiger partial charge >= 0.3 is 0 Å². The van der Waals surface area contributed by atoms with Crippen LogP contribution >= 0.6 is 0 Å². The molecule has 0 aromatic heterocycles. The Morgan fingerprint density at radius 3 is 2.10 bits per heavy atom. The van der Waals surface area contributed by atoms with E-state index < -0.39 is 0 Å². The Balaban J connectivity index is 2.36. The molecular formula is C10H20. The van der Waals surface area contributed by atoms with Crippen molar-refractivity contribution in [2.45, 2.75) is 52.9 Å². The summed E-state index contributed by atoms with van der Waals surface area (Å²) >= 11 is 0. The van der Waals surface area contributed by atoms with Gasteiger partial charge in [0.1, 0.15) is 0 Å². The molecule has 0 aliphatic heterocycles. The highest BCUT2D eigenvalue weighted by molar-refractivity contribution is 4.80. The van der Waals surface area contributed by atoms with E-state index >= 15 is 0 Å². The lowest BCUT2D eigenvalue weighted by atomic mass is 9.81. The monoisotopic (exact) mass is 140 g/mol. The maximum absolute atomic E-state index is 2.46. The summed E-state index contributed by atoms with van der Waals surface area (Å²) in [5, 5.41) is 0. The van der Waals surface area contributed by atoms with Crippen LogP contribution in [0.3, 0.4) is 0 Å². The maximum Gasteiger partial charge on any atom is -0.0323 e. The van der Waals surface area contributed by atoms with Crippen LogP contribution < -0.4 is 0 Å². The van der Waals surface area contributed by atoms with E-state index in [-0.39, 0.29) is 0 Å². The van der Waals surface area contributed by atoms with Gasteiger partial charge in [0.05, 0.1) is 0 Å². The van der Waals surface area contributed by atoms with E-state index in [2.05, 4.69) is 20.8 Å². The zero-order valence-corrected chi connectivity index (χ0v) is 7.61. The van der Waals surface area contributed by atoms with Gasteiger partial charge in [-0.2, -0.15) is 0 Å². The summed E-state index contributed by atoms with van der Waals surface area (Å²) in [7, 11) is 0. The van der Waals surface area contributed by atoms with Gasteiger partial charge in [0.2, 0.25) is 0 Å². The van der Waals surface area contributed by atoms with Crippen LogP contribution in [0.1, 0.15) is 52.9 Å². The first-order chi connectivity index (χ1) is 4.62. The quantitative estimate of drug-likeness (QED) is 0.549. The van der Waals surface area contributed by atoms with Crippen molar-refractivity contribution in [2.75, 3.05) is 0 Å². The number of rotatable bonds is 2. The summed E-state index contributed by atoms with van der Waals surface area (Å²) in [6, 6.07) is 0. The predicted molar refractivity (Wildman–Crippen MR) is 46.0 cm³/mol. The van der Waals surface area contributed by atoms with Gasteiger partial charge in [0, 0.05) is 0 Å². The number of hydrogen-bond acceptors (Lipinski definition) is 0. The van der Waals surface area contributed by atoms with Gasteiger partial charge < -0.3 is 0 Å². The fourth-order valence-corrected chi connectivity index (χ4v) is 2.42. The molecule has 1 aliphatic rings. The Kier molecular flexibility index (Phi) is 2.38. The van der Waals surface area contributed by atoms with Crippen molar-refractivity contribution in [3.05, 3.63) is 0 Å².